The van der Waals surface area contributed by atoms with Gasteiger partial charge in [-0.05, 0) is 48.0 Å². The number of hydrogen-bond acceptors (Lipinski definition) is 5. The summed E-state index contributed by atoms with van der Waals surface area (Å²) in [5, 5.41) is 6.55. The number of carbonyl (C=O) groups excluding carboxylic acids is 2. The minimum Gasteiger partial charge on any atom is -0.444 e. The molecule has 0 aromatic carbocycles. The summed E-state index contributed by atoms with van der Waals surface area (Å²) in [5.41, 5.74) is -1.14. The molecule has 1 N–H and O–H groups in total. The van der Waals surface area contributed by atoms with E-state index in [0.717, 1.165) is 6.42 Å². The number of ether oxygens (including phenoxy) is 1. The predicted molar refractivity (Wildman–Crippen MR) is 91.8 cm³/mol. The third kappa shape index (κ3) is 5.86. The van der Waals surface area contributed by atoms with Gasteiger partial charge in [0.15, 0.2) is 5.82 Å². The maximum atomic E-state index is 13.1. The van der Waals surface area contributed by atoms with Crippen molar-refractivity contribution < 1.29 is 18.8 Å². The lowest BCUT2D eigenvalue weighted by molar-refractivity contribution is -0.121. The number of nitrogens with one attached hydrogen (secondary N) is 1. The van der Waals surface area contributed by atoms with Gasteiger partial charge in [-0.3, -0.25) is 9.69 Å². The molecule has 136 valence electrons. The molecular formula is C17H29N3O4. The van der Waals surface area contributed by atoms with Gasteiger partial charge in [0.1, 0.15) is 17.9 Å². The second kappa shape index (κ2) is 7.68. The molecule has 24 heavy (non-hydrogen) atoms. The van der Waals surface area contributed by atoms with Gasteiger partial charge in [-0.2, -0.15) is 0 Å². The van der Waals surface area contributed by atoms with Crippen LogP contribution in [0.25, 0.3) is 0 Å². The molecule has 1 atom stereocenters. The highest BCUT2D eigenvalue weighted by molar-refractivity contribution is 5.99. The van der Waals surface area contributed by atoms with E-state index in [0.29, 0.717) is 12.2 Å². The van der Waals surface area contributed by atoms with Crippen LogP contribution < -0.4 is 10.2 Å². The number of carbonyl (C=O) groups is 2. The van der Waals surface area contributed by atoms with Crippen molar-refractivity contribution in [2.75, 3.05) is 4.90 Å². The maximum Gasteiger partial charge on any atom is 0.408 e. The highest BCUT2D eigenvalue weighted by Crippen LogP contribution is 2.24. The van der Waals surface area contributed by atoms with Crippen LogP contribution in [-0.2, 0) is 9.53 Å². The Bertz CT molecular complexity index is 541. The van der Waals surface area contributed by atoms with Gasteiger partial charge in [-0.25, -0.2) is 4.79 Å². The molecule has 0 radical (unpaired) electrons. The Labute approximate surface area is 143 Å². The fourth-order valence-corrected chi connectivity index (χ4v) is 2.26. The van der Waals surface area contributed by atoms with Crippen molar-refractivity contribution in [2.45, 2.75) is 78.5 Å². The van der Waals surface area contributed by atoms with Crippen molar-refractivity contribution in [1.82, 2.24) is 10.5 Å². The van der Waals surface area contributed by atoms with Gasteiger partial charge < -0.3 is 14.6 Å². The molecule has 1 rings (SSSR count). The zero-order valence-corrected chi connectivity index (χ0v) is 15.7. The number of nitrogens with zero attached hydrogens (tertiary/aromatic N) is 2. The molecule has 1 heterocycles. The van der Waals surface area contributed by atoms with E-state index in [1.807, 2.05) is 27.7 Å². The van der Waals surface area contributed by atoms with Crippen molar-refractivity contribution >= 4 is 17.8 Å². The fourth-order valence-electron chi connectivity index (χ4n) is 2.26. The Morgan fingerprint density at radius 3 is 2.33 bits per heavy atom. The summed E-state index contributed by atoms with van der Waals surface area (Å²) >= 11 is 0. The third-order valence-corrected chi connectivity index (χ3v) is 3.11. The summed E-state index contributed by atoms with van der Waals surface area (Å²) in [6.45, 7) is 13.0. The van der Waals surface area contributed by atoms with Crippen LogP contribution in [0.3, 0.4) is 0 Å². The minimum absolute atomic E-state index is 0.246. The summed E-state index contributed by atoms with van der Waals surface area (Å²) < 4.78 is 10.1. The molecule has 0 fully saturated rings. The molecule has 0 saturated heterocycles. The number of anilines is 1. The molecule has 0 aliphatic carbocycles. The van der Waals surface area contributed by atoms with Gasteiger partial charge in [-0.15, -0.1) is 0 Å². The SMILES string of the molecule is CCCC(NC(=O)OC(C)(C)C)C(=O)N(c1ccon1)C(C)(C)C. The van der Waals surface area contributed by atoms with E-state index in [1.54, 1.807) is 26.8 Å². The molecule has 7 nitrogen and oxygen atoms in total. The van der Waals surface area contributed by atoms with E-state index >= 15 is 0 Å². The first kappa shape index (κ1) is 20.0. The summed E-state index contributed by atoms with van der Waals surface area (Å²) in [5.74, 6) is 0.170. The molecular weight excluding hydrogens is 310 g/mol. The first-order valence-electron chi connectivity index (χ1n) is 8.19. The molecule has 0 aliphatic heterocycles. The fraction of sp³-hybridized carbons (Fsp3) is 0.706. The van der Waals surface area contributed by atoms with E-state index in [-0.39, 0.29) is 5.91 Å². The zero-order valence-electron chi connectivity index (χ0n) is 15.7. The second-order valence-electron chi connectivity index (χ2n) is 7.69. The Hall–Kier alpha value is -2.05. The van der Waals surface area contributed by atoms with Gasteiger partial charge in [-0.1, -0.05) is 18.5 Å². The van der Waals surface area contributed by atoms with Crippen molar-refractivity contribution in [2.24, 2.45) is 0 Å². The Kier molecular flexibility index (Phi) is 6.40. The van der Waals surface area contributed by atoms with E-state index in [1.165, 1.54) is 11.2 Å². The zero-order chi connectivity index (χ0) is 18.5. The quantitative estimate of drug-likeness (QED) is 0.887. The van der Waals surface area contributed by atoms with Gasteiger partial charge in [0, 0.05) is 11.6 Å². The van der Waals surface area contributed by atoms with Crippen LogP contribution in [0.4, 0.5) is 10.6 Å². The second-order valence-corrected chi connectivity index (χ2v) is 7.69. The first-order valence-corrected chi connectivity index (χ1v) is 8.19. The van der Waals surface area contributed by atoms with Gasteiger partial charge in [0.2, 0.25) is 0 Å². The normalized spacial score (nSPS) is 13.3. The molecule has 1 aromatic heterocycles. The van der Waals surface area contributed by atoms with Crippen LogP contribution >= 0.6 is 0 Å². The summed E-state index contributed by atoms with van der Waals surface area (Å²) in [7, 11) is 0. The van der Waals surface area contributed by atoms with Crippen molar-refractivity contribution in [3.8, 4) is 0 Å². The van der Waals surface area contributed by atoms with Crippen LogP contribution in [0, 0.1) is 0 Å². The van der Waals surface area contributed by atoms with E-state index in [2.05, 4.69) is 10.5 Å². The first-order chi connectivity index (χ1) is 11.0. The largest absolute Gasteiger partial charge is 0.444 e. The van der Waals surface area contributed by atoms with Crippen LogP contribution in [0.15, 0.2) is 16.9 Å². The maximum absolute atomic E-state index is 13.1. The summed E-state index contributed by atoms with van der Waals surface area (Å²) in [6.07, 6.45) is 2.05. The van der Waals surface area contributed by atoms with Crippen LogP contribution in [0.5, 0.6) is 0 Å². The molecule has 0 spiro atoms. The number of rotatable bonds is 5. The predicted octanol–water partition coefficient (Wildman–Crippen LogP) is 3.50. The number of alkyl carbamates (subject to hydrolysis) is 1. The van der Waals surface area contributed by atoms with E-state index in [9.17, 15) is 9.59 Å². The molecule has 1 aromatic rings. The summed E-state index contributed by atoms with van der Waals surface area (Å²) in [6, 6.07) is 0.931. The van der Waals surface area contributed by atoms with Crippen LogP contribution in [-0.4, -0.2) is 34.3 Å². The smallest absolute Gasteiger partial charge is 0.408 e. The third-order valence-electron chi connectivity index (χ3n) is 3.11. The van der Waals surface area contributed by atoms with E-state index < -0.39 is 23.3 Å². The van der Waals surface area contributed by atoms with Crippen molar-refractivity contribution in [3.05, 3.63) is 12.3 Å². The lowest BCUT2D eigenvalue weighted by Gasteiger charge is -2.36. The molecule has 0 saturated carbocycles. The Balaban J connectivity index is 3.00. The molecule has 2 amide bonds. The molecule has 7 heteroatoms. The van der Waals surface area contributed by atoms with E-state index in [4.69, 9.17) is 9.26 Å². The molecule has 0 bridgehead atoms. The lowest BCUT2D eigenvalue weighted by atomic mass is 10.0. The Morgan fingerprint density at radius 2 is 1.92 bits per heavy atom. The monoisotopic (exact) mass is 339 g/mol. The number of hydrogen-bond donors (Lipinski definition) is 1. The van der Waals surface area contributed by atoms with Gasteiger partial charge in [0.25, 0.3) is 5.91 Å². The van der Waals surface area contributed by atoms with Gasteiger partial charge in [0.05, 0.1) is 0 Å². The number of amides is 2. The molecule has 0 aliphatic rings. The topological polar surface area (TPSA) is 84.7 Å². The van der Waals surface area contributed by atoms with Crippen molar-refractivity contribution in [1.29, 1.82) is 0 Å². The molecule has 1 unspecified atom stereocenters. The number of aromatic nitrogens is 1. The van der Waals surface area contributed by atoms with Crippen molar-refractivity contribution in [3.63, 3.8) is 0 Å². The Morgan fingerprint density at radius 1 is 1.29 bits per heavy atom. The minimum atomic E-state index is -0.694. The van der Waals surface area contributed by atoms with Crippen LogP contribution in [0.2, 0.25) is 0 Å². The standard InChI is InChI=1S/C17H29N3O4/c1-8-9-12(18-15(22)24-17(5,6)7)14(21)20(16(2,3)4)13-10-11-23-19-13/h10-12H,8-9H2,1-7H3,(H,18,22). The average Bonchev–Trinajstić information content (AvgIpc) is 2.87. The van der Waals surface area contributed by atoms with Crippen LogP contribution in [0.1, 0.15) is 61.3 Å². The highest BCUT2D eigenvalue weighted by Gasteiger charge is 2.35. The summed E-state index contributed by atoms with van der Waals surface area (Å²) in [4.78, 5) is 26.7. The average molecular weight is 339 g/mol. The lowest BCUT2D eigenvalue weighted by Crippen LogP contribution is -2.55. The van der Waals surface area contributed by atoms with Gasteiger partial charge >= 0.3 is 6.09 Å². The highest BCUT2D eigenvalue weighted by atomic mass is 16.6.